The van der Waals surface area contributed by atoms with E-state index in [1.807, 2.05) is 25.5 Å². The molecule has 0 aliphatic rings. The number of nitrogens with one attached hydrogen (secondary N) is 1. The van der Waals surface area contributed by atoms with Crippen LogP contribution >= 0.6 is 0 Å². The third kappa shape index (κ3) is 3.61. The van der Waals surface area contributed by atoms with Crippen LogP contribution in [0.5, 0.6) is 5.75 Å². The minimum absolute atomic E-state index is 0.456. The normalized spacial score (nSPS) is 11.1. The van der Waals surface area contributed by atoms with Gasteiger partial charge < -0.3 is 14.6 Å². The van der Waals surface area contributed by atoms with Gasteiger partial charge in [-0.1, -0.05) is 26.0 Å². The molecule has 20 heavy (non-hydrogen) atoms. The van der Waals surface area contributed by atoms with Gasteiger partial charge in [-0.3, -0.25) is 0 Å². The number of imidazole rings is 1. The monoisotopic (exact) mass is 273 g/mol. The molecule has 108 valence electrons. The number of aryl methyl sites for hydroxylation is 1. The van der Waals surface area contributed by atoms with Gasteiger partial charge in [-0.15, -0.1) is 0 Å². The van der Waals surface area contributed by atoms with Gasteiger partial charge in [-0.2, -0.15) is 0 Å². The van der Waals surface area contributed by atoms with Gasteiger partial charge in [0.25, 0.3) is 0 Å². The first-order valence-corrected chi connectivity index (χ1v) is 6.95. The maximum absolute atomic E-state index is 5.43. The summed E-state index contributed by atoms with van der Waals surface area (Å²) in [7, 11) is 3.74. The summed E-state index contributed by atoms with van der Waals surface area (Å²) in [5.41, 5.74) is 2.44. The van der Waals surface area contributed by atoms with Crippen LogP contribution in [0.25, 0.3) is 0 Å². The number of hydrogen-bond donors (Lipinski definition) is 1. The summed E-state index contributed by atoms with van der Waals surface area (Å²) in [6.45, 7) is 5.10. The van der Waals surface area contributed by atoms with Crippen LogP contribution in [0, 0.1) is 0 Å². The summed E-state index contributed by atoms with van der Waals surface area (Å²) in [6.07, 6.45) is 4.64. The average molecular weight is 273 g/mol. The zero-order valence-corrected chi connectivity index (χ0v) is 12.7. The minimum atomic E-state index is 0.456. The number of ether oxygens (including phenoxy) is 1. The Labute approximate surface area is 120 Å². The SMILES string of the molecule is COc1ccc(Cc2nccn2C)cc1CNC(C)C. The van der Waals surface area contributed by atoms with Gasteiger partial charge in [-0.05, 0) is 11.6 Å². The smallest absolute Gasteiger partial charge is 0.123 e. The number of methoxy groups -OCH3 is 1. The molecule has 0 amide bonds. The molecule has 1 aromatic heterocycles. The number of nitrogens with zero attached hydrogens (tertiary/aromatic N) is 2. The van der Waals surface area contributed by atoms with Crippen molar-refractivity contribution in [2.24, 2.45) is 7.05 Å². The van der Waals surface area contributed by atoms with Crippen LogP contribution in [0.3, 0.4) is 0 Å². The van der Waals surface area contributed by atoms with Crippen molar-refractivity contribution < 1.29 is 4.74 Å². The molecular formula is C16H23N3O. The maximum Gasteiger partial charge on any atom is 0.123 e. The van der Waals surface area contributed by atoms with Gasteiger partial charge in [0.05, 0.1) is 7.11 Å². The first kappa shape index (κ1) is 14.6. The lowest BCUT2D eigenvalue weighted by molar-refractivity contribution is 0.406. The van der Waals surface area contributed by atoms with Gasteiger partial charge in [0.2, 0.25) is 0 Å². The van der Waals surface area contributed by atoms with Crippen molar-refractivity contribution in [2.45, 2.75) is 32.9 Å². The van der Waals surface area contributed by atoms with E-state index in [0.29, 0.717) is 6.04 Å². The molecule has 4 heteroatoms. The molecule has 4 nitrogen and oxygen atoms in total. The second-order valence-electron chi connectivity index (χ2n) is 5.31. The van der Waals surface area contributed by atoms with Gasteiger partial charge in [-0.25, -0.2) is 4.98 Å². The second-order valence-corrected chi connectivity index (χ2v) is 5.31. The molecule has 1 N–H and O–H groups in total. The molecule has 0 radical (unpaired) electrons. The van der Waals surface area contributed by atoms with Gasteiger partial charge in [0.15, 0.2) is 0 Å². The highest BCUT2D eigenvalue weighted by molar-refractivity contribution is 5.38. The zero-order chi connectivity index (χ0) is 14.5. The molecule has 0 saturated heterocycles. The van der Waals surface area contributed by atoms with Crippen LogP contribution in [0.15, 0.2) is 30.6 Å². The molecule has 2 aromatic rings. The van der Waals surface area contributed by atoms with E-state index in [9.17, 15) is 0 Å². The van der Waals surface area contributed by atoms with Gasteiger partial charge >= 0.3 is 0 Å². The first-order chi connectivity index (χ1) is 9.60. The van der Waals surface area contributed by atoms with E-state index in [2.05, 4.69) is 40.8 Å². The van der Waals surface area contributed by atoms with Gasteiger partial charge in [0.1, 0.15) is 11.6 Å². The molecular weight excluding hydrogens is 250 g/mol. The highest BCUT2D eigenvalue weighted by Crippen LogP contribution is 2.21. The van der Waals surface area contributed by atoms with E-state index in [-0.39, 0.29) is 0 Å². The molecule has 0 aliphatic heterocycles. The van der Waals surface area contributed by atoms with E-state index in [1.165, 1.54) is 11.1 Å². The maximum atomic E-state index is 5.43. The summed E-state index contributed by atoms with van der Waals surface area (Å²) in [6, 6.07) is 6.79. The minimum Gasteiger partial charge on any atom is -0.496 e. The highest BCUT2D eigenvalue weighted by atomic mass is 16.5. The van der Waals surface area contributed by atoms with E-state index in [1.54, 1.807) is 7.11 Å². The van der Waals surface area contributed by atoms with Crippen molar-refractivity contribution in [1.29, 1.82) is 0 Å². The Hall–Kier alpha value is -1.81. The van der Waals surface area contributed by atoms with Crippen molar-refractivity contribution in [3.8, 4) is 5.75 Å². The number of rotatable bonds is 6. The summed E-state index contributed by atoms with van der Waals surface area (Å²) in [5, 5.41) is 3.43. The Morgan fingerprint density at radius 3 is 2.75 bits per heavy atom. The Balaban J connectivity index is 2.18. The Morgan fingerprint density at radius 2 is 2.15 bits per heavy atom. The van der Waals surface area contributed by atoms with Crippen LogP contribution in [-0.2, 0) is 20.0 Å². The highest BCUT2D eigenvalue weighted by Gasteiger charge is 2.07. The fraction of sp³-hybridized carbons (Fsp3) is 0.438. The topological polar surface area (TPSA) is 39.1 Å². The lowest BCUT2D eigenvalue weighted by atomic mass is 10.1. The standard InChI is InChI=1S/C16H23N3O/c1-12(2)18-11-14-9-13(5-6-15(14)20-4)10-16-17-7-8-19(16)3/h5-9,12,18H,10-11H2,1-4H3. The van der Waals surface area contributed by atoms with Crippen molar-refractivity contribution in [2.75, 3.05) is 7.11 Å². The molecule has 0 bridgehead atoms. The van der Waals surface area contributed by atoms with Crippen molar-refractivity contribution in [3.63, 3.8) is 0 Å². The van der Waals surface area contributed by atoms with Crippen molar-refractivity contribution in [1.82, 2.24) is 14.9 Å². The number of hydrogen-bond acceptors (Lipinski definition) is 3. The van der Waals surface area contributed by atoms with Crippen LogP contribution in [0.4, 0.5) is 0 Å². The fourth-order valence-corrected chi connectivity index (χ4v) is 2.14. The summed E-state index contributed by atoms with van der Waals surface area (Å²) in [4.78, 5) is 4.37. The Kier molecular flexibility index (Phi) is 4.79. The molecule has 0 aliphatic carbocycles. The Bertz CT molecular complexity index is 561. The lowest BCUT2D eigenvalue weighted by Gasteiger charge is -2.13. The van der Waals surface area contributed by atoms with Crippen LogP contribution in [0.1, 0.15) is 30.8 Å². The quantitative estimate of drug-likeness (QED) is 0.879. The molecule has 0 atom stereocenters. The van der Waals surface area contributed by atoms with Crippen LogP contribution in [0.2, 0.25) is 0 Å². The number of aromatic nitrogens is 2. The molecule has 0 spiro atoms. The largest absolute Gasteiger partial charge is 0.496 e. The molecule has 0 unspecified atom stereocenters. The third-order valence-electron chi connectivity index (χ3n) is 3.33. The predicted molar refractivity (Wildman–Crippen MR) is 81.0 cm³/mol. The average Bonchev–Trinajstić information content (AvgIpc) is 2.82. The lowest BCUT2D eigenvalue weighted by Crippen LogP contribution is -2.22. The Morgan fingerprint density at radius 1 is 1.35 bits per heavy atom. The van der Waals surface area contributed by atoms with E-state index >= 15 is 0 Å². The second kappa shape index (κ2) is 6.57. The fourth-order valence-electron chi connectivity index (χ4n) is 2.14. The summed E-state index contributed by atoms with van der Waals surface area (Å²) >= 11 is 0. The predicted octanol–water partition coefficient (Wildman–Crippen LogP) is 2.52. The van der Waals surface area contributed by atoms with Crippen LogP contribution in [-0.4, -0.2) is 22.7 Å². The van der Waals surface area contributed by atoms with Gasteiger partial charge in [0, 0.05) is 44.0 Å². The van der Waals surface area contributed by atoms with E-state index in [4.69, 9.17) is 4.74 Å². The van der Waals surface area contributed by atoms with Crippen molar-refractivity contribution in [3.05, 3.63) is 47.5 Å². The zero-order valence-electron chi connectivity index (χ0n) is 12.7. The van der Waals surface area contributed by atoms with E-state index in [0.717, 1.165) is 24.5 Å². The molecule has 0 saturated carbocycles. The molecule has 2 rings (SSSR count). The number of benzene rings is 1. The van der Waals surface area contributed by atoms with Crippen molar-refractivity contribution >= 4 is 0 Å². The first-order valence-electron chi connectivity index (χ1n) is 6.95. The molecule has 1 aromatic carbocycles. The third-order valence-corrected chi connectivity index (χ3v) is 3.33. The van der Waals surface area contributed by atoms with Crippen LogP contribution < -0.4 is 10.1 Å². The molecule has 0 fully saturated rings. The summed E-state index contributed by atoms with van der Waals surface area (Å²) < 4.78 is 7.48. The summed E-state index contributed by atoms with van der Waals surface area (Å²) in [5.74, 6) is 2.00. The molecule has 1 heterocycles. The van der Waals surface area contributed by atoms with E-state index < -0.39 is 0 Å².